The molecule has 0 saturated heterocycles. The maximum Gasteiger partial charge on any atom is 0.0555 e. The molecule has 0 fully saturated rings. The van der Waals surface area contributed by atoms with Crippen molar-refractivity contribution in [2.45, 2.75) is 26.3 Å². The van der Waals surface area contributed by atoms with Crippen molar-refractivity contribution in [3.05, 3.63) is 0 Å². The van der Waals surface area contributed by atoms with Gasteiger partial charge < -0.3 is 15.3 Å². The minimum absolute atomic E-state index is 0.221. The van der Waals surface area contributed by atoms with Crippen molar-refractivity contribution < 1.29 is 5.11 Å². The van der Waals surface area contributed by atoms with Crippen LogP contribution in [-0.2, 0) is 0 Å². The van der Waals surface area contributed by atoms with Gasteiger partial charge in [-0.1, -0.05) is 0 Å². The molecule has 3 heteroatoms. The van der Waals surface area contributed by atoms with Crippen LogP contribution in [0.4, 0.5) is 0 Å². The van der Waals surface area contributed by atoms with E-state index >= 15 is 0 Å². The third-order valence-corrected chi connectivity index (χ3v) is 2.06. The minimum Gasteiger partial charge on any atom is -0.395 e. The summed E-state index contributed by atoms with van der Waals surface area (Å²) in [6.07, 6.45) is 0. The van der Waals surface area contributed by atoms with Gasteiger partial charge in [-0.3, -0.25) is 0 Å². The van der Waals surface area contributed by atoms with E-state index in [0.717, 1.165) is 13.1 Å². The Kier molecular flexibility index (Phi) is 5.46. The summed E-state index contributed by atoms with van der Waals surface area (Å²) in [7, 11) is 2.11. The second-order valence-electron chi connectivity index (χ2n) is 4.07. The highest BCUT2D eigenvalue weighted by atomic mass is 16.3. The highest BCUT2D eigenvalue weighted by molar-refractivity contribution is 4.72. The Balaban J connectivity index is 3.38. The van der Waals surface area contributed by atoms with E-state index in [1.54, 1.807) is 0 Å². The molecule has 0 aromatic heterocycles. The van der Waals surface area contributed by atoms with Crippen LogP contribution in [0.25, 0.3) is 0 Å². The van der Waals surface area contributed by atoms with Crippen LogP contribution in [0.5, 0.6) is 0 Å². The molecule has 0 saturated carbocycles. The Labute approximate surface area is 75.8 Å². The summed E-state index contributed by atoms with van der Waals surface area (Å²) in [4.78, 5) is 2.29. The lowest BCUT2D eigenvalue weighted by molar-refractivity contribution is 0.175. The second kappa shape index (κ2) is 5.51. The maximum atomic E-state index is 8.52. The SMILES string of the molecule is CN(CCNCCO)C(C)(C)C. The molecule has 0 aliphatic carbocycles. The smallest absolute Gasteiger partial charge is 0.0555 e. The fourth-order valence-electron chi connectivity index (χ4n) is 0.786. The van der Waals surface area contributed by atoms with E-state index in [2.05, 4.69) is 38.0 Å². The molecule has 0 aromatic carbocycles. The van der Waals surface area contributed by atoms with Crippen LogP contribution in [-0.4, -0.2) is 48.8 Å². The molecular weight excluding hydrogens is 152 g/mol. The van der Waals surface area contributed by atoms with E-state index in [4.69, 9.17) is 5.11 Å². The second-order valence-corrected chi connectivity index (χ2v) is 4.07. The molecular formula is C9H22N2O. The standard InChI is InChI=1S/C9H22N2O/c1-9(2,3)11(4)7-5-10-6-8-12/h10,12H,5-8H2,1-4H3. The van der Waals surface area contributed by atoms with Crippen molar-refractivity contribution in [2.75, 3.05) is 33.3 Å². The number of nitrogens with one attached hydrogen (secondary N) is 1. The molecule has 0 radical (unpaired) electrons. The van der Waals surface area contributed by atoms with E-state index in [0.29, 0.717) is 6.54 Å². The first-order valence-corrected chi connectivity index (χ1v) is 4.51. The van der Waals surface area contributed by atoms with Gasteiger partial charge in [0.2, 0.25) is 0 Å². The normalized spacial score (nSPS) is 12.5. The van der Waals surface area contributed by atoms with Gasteiger partial charge in [-0.25, -0.2) is 0 Å². The van der Waals surface area contributed by atoms with E-state index in [1.807, 2.05) is 0 Å². The first-order valence-electron chi connectivity index (χ1n) is 4.51. The summed E-state index contributed by atoms with van der Waals surface area (Å²) < 4.78 is 0. The third kappa shape index (κ3) is 5.52. The molecule has 3 nitrogen and oxygen atoms in total. The van der Waals surface area contributed by atoms with E-state index in [-0.39, 0.29) is 12.1 Å². The van der Waals surface area contributed by atoms with Crippen LogP contribution in [0, 0.1) is 0 Å². The number of rotatable bonds is 5. The van der Waals surface area contributed by atoms with Crippen molar-refractivity contribution in [3.8, 4) is 0 Å². The zero-order valence-electron chi connectivity index (χ0n) is 8.72. The molecule has 12 heavy (non-hydrogen) atoms. The van der Waals surface area contributed by atoms with Gasteiger partial charge in [-0.2, -0.15) is 0 Å². The molecule has 0 unspecified atom stereocenters. The lowest BCUT2D eigenvalue weighted by Gasteiger charge is -2.31. The zero-order valence-corrected chi connectivity index (χ0v) is 8.72. The lowest BCUT2D eigenvalue weighted by atomic mass is 10.1. The van der Waals surface area contributed by atoms with Crippen LogP contribution >= 0.6 is 0 Å². The average molecular weight is 174 g/mol. The monoisotopic (exact) mass is 174 g/mol. The largest absolute Gasteiger partial charge is 0.395 e. The summed E-state index contributed by atoms with van der Waals surface area (Å²) in [6.45, 7) is 9.45. The molecule has 0 amide bonds. The molecule has 0 atom stereocenters. The van der Waals surface area contributed by atoms with Gasteiger partial charge in [-0.05, 0) is 27.8 Å². The molecule has 0 heterocycles. The van der Waals surface area contributed by atoms with Crippen LogP contribution in [0.1, 0.15) is 20.8 Å². The van der Waals surface area contributed by atoms with Crippen molar-refractivity contribution in [1.82, 2.24) is 10.2 Å². The predicted octanol–water partition coefficient (Wildman–Crippen LogP) is 0.299. The maximum absolute atomic E-state index is 8.52. The Morgan fingerprint density at radius 2 is 1.83 bits per heavy atom. The van der Waals surface area contributed by atoms with Gasteiger partial charge in [0.15, 0.2) is 0 Å². The van der Waals surface area contributed by atoms with Gasteiger partial charge in [0.05, 0.1) is 6.61 Å². The average Bonchev–Trinajstić information content (AvgIpc) is 1.96. The summed E-state index contributed by atoms with van der Waals surface area (Å²) in [5.74, 6) is 0. The molecule has 2 N–H and O–H groups in total. The van der Waals surface area contributed by atoms with E-state index in [9.17, 15) is 0 Å². The summed E-state index contributed by atoms with van der Waals surface area (Å²) in [5.41, 5.74) is 0.237. The van der Waals surface area contributed by atoms with Crippen LogP contribution < -0.4 is 5.32 Å². The van der Waals surface area contributed by atoms with E-state index < -0.39 is 0 Å². The third-order valence-electron chi connectivity index (χ3n) is 2.06. The molecule has 0 spiro atoms. The molecule has 74 valence electrons. The molecule has 0 rings (SSSR count). The fraction of sp³-hybridized carbons (Fsp3) is 1.00. The van der Waals surface area contributed by atoms with Crippen LogP contribution in [0.2, 0.25) is 0 Å². The van der Waals surface area contributed by atoms with Crippen LogP contribution in [0.15, 0.2) is 0 Å². The Morgan fingerprint density at radius 1 is 1.25 bits per heavy atom. The number of aliphatic hydroxyl groups is 1. The van der Waals surface area contributed by atoms with Gasteiger partial charge in [0.1, 0.15) is 0 Å². The van der Waals surface area contributed by atoms with Crippen molar-refractivity contribution in [2.24, 2.45) is 0 Å². The first kappa shape index (κ1) is 11.9. The Bertz CT molecular complexity index is 110. The summed E-state index contributed by atoms with van der Waals surface area (Å²) in [5, 5.41) is 11.7. The highest BCUT2D eigenvalue weighted by Crippen LogP contribution is 2.08. The topological polar surface area (TPSA) is 35.5 Å². The molecule has 0 bridgehead atoms. The lowest BCUT2D eigenvalue weighted by Crippen LogP contribution is -2.42. The van der Waals surface area contributed by atoms with Crippen molar-refractivity contribution in [3.63, 3.8) is 0 Å². The highest BCUT2D eigenvalue weighted by Gasteiger charge is 2.15. The number of aliphatic hydroxyl groups excluding tert-OH is 1. The van der Waals surface area contributed by atoms with Crippen LogP contribution in [0.3, 0.4) is 0 Å². The number of likely N-dealkylation sites (N-methyl/N-ethyl adjacent to an activating group) is 1. The number of nitrogens with zero attached hydrogens (tertiary/aromatic N) is 1. The van der Waals surface area contributed by atoms with Crippen molar-refractivity contribution in [1.29, 1.82) is 0 Å². The zero-order chi connectivity index (χ0) is 9.61. The minimum atomic E-state index is 0.221. The first-order chi connectivity index (χ1) is 5.48. The van der Waals surface area contributed by atoms with Gasteiger partial charge in [-0.15, -0.1) is 0 Å². The molecule has 0 aromatic rings. The summed E-state index contributed by atoms with van der Waals surface area (Å²) >= 11 is 0. The molecule has 0 aliphatic heterocycles. The Hall–Kier alpha value is -0.120. The van der Waals surface area contributed by atoms with Gasteiger partial charge >= 0.3 is 0 Å². The summed E-state index contributed by atoms with van der Waals surface area (Å²) in [6, 6.07) is 0. The number of hydrogen-bond donors (Lipinski definition) is 2. The quantitative estimate of drug-likeness (QED) is 0.588. The Morgan fingerprint density at radius 3 is 2.25 bits per heavy atom. The predicted molar refractivity (Wildman–Crippen MR) is 52.3 cm³/mol. The van der Waals surface area contributed by atoms with Crippen molar-refractivity contribution >= 4 is 0 Å². The van der Waals surface area contributed by atoms with Gasteiger partial charge in [0, 0.05) is 25.2 Å². The fourth-order valence-corrected chi connectivity index (χ4v) is 0.786. The van der Waals surface area contributed by atoms with E-state index in [1.165, 1.54) is 0 Å². The molecule has 0 aliphatic rings. The number of hydrogen-bond acceptors (Lipinski definition) is 3. The van der Waals surface area contributed by atoms with Gasteiger partial charge in [0.25, 0.3) is 0 Å².